The molecule has 2 fully saturated rings. The van der Waals surface area contributed by atoms with E-state index in [4.69, 9.17) is 0 Å². The molecule has 3 heterocycles. The fraction of sp³-hybridized carbons (Fsp3) is 0.333. The quantitative estimate of drug-likeness (QED) is 0.423. The van der Waals surface area contributed by atoms with Gasteiger partial charge in [0, 0.05) is 17.6 Å². The van der Waals surface area contributed by atoms with E-state index < -0.39 is 0 Å². The number of aromatic nitrogens is 4. The van der Waals surface area contributed by atoms with Crippen molar-refractivity contribution in [1.29, 1.82) is 0 Å². The van der Waals surface area contributed by atoms with Crippen LogP contribution in [0.5, 0.6) is 0 Å². The van der Waals surface area contributed by atoms with Crippen LogP contribution in [0.4, 0.5) is 10.1 Å². The second-order valence-corrected chi connectivity index (χ2v) is 9.13. The van der Waals surface area contributed by atoms with E-state index in [-0.39, 0.29) is 11.9 Å². The second-order valence-electron chi connectivity index (χ2n) is 9.13. The van der Waals surface area contributed by atoms with Gasteiger partial charge in [-0.3, -0.25) is 10.2 Å². The minimum Gasteiger partial charge on any atom is -0.375 e. The third-order valence-electron chi connectivity index (χ3n) is 7.82. The molecule has 6 heteroatoms. The molecule has 5 unspecified atom stereocenters. The zero-order valence-corrected chi connectivity index (χ0v) is 16.4. The van der Waals surface area contributed by atoms with Gasteiger partial charge in [-0.05, 0) is 65.7 Å². The summed E-state index contributed by atoms with van der Waals surface area (Å²) in [5.74, 6) is 2.06. The molecule has 4 aromatic rings. The van der Waals surface area contributed by atoms with Gasteiger partial charge in [-0.2, -0.15) is 10.2 Å². The number of hydrogen-bond donors (Lipinski definition) is 3. The van der Waals surface area contributed by atoms with Crippen molar-refractivity contribution in [1.82, 2.24) is 20.4 Å². The van der Waals surface area contributed by atoms with Crippen molar-refractivity contribution < 1.29 is 4.39 Å². The zero-order chi connectivity index (χ0) is 19.8. The summed E-state index contributed by atoms with van der Waals surface area (Å²) in [5, 5.41) is 19.0. The molecule has 2 aromatic carbocycles. The number of anilines is 1. The van der Waals surface area contributed by atoms with Crippen LogP contribution in [0, 0.1) is 23.6 Å². The summed E-state index contributed by atoms with van der Waals surface area (Å²) in [6.07, 6.45) is 7.44. The predicted molar refractivity (Wildman–Crippen MR) is 114 cm³/mol. The van der Waals surface area contributed by atoms with E-state index in [1.54, 1.807) is 12.3 Å². The molecule has 0 amide bonds. The highest BCUT2D eigenvalue weighted by atomic mass is 19.1. The number of fused-ring (bicyclic) bond motifs is 9. The maximum atomic E-state index is 15.2. The van der Waals surface area contributed by atoms with Crippen molar-refractivity contribution in [2.45, 2.75) is 31.2 Å². The van der Waals surface area contributed by atoms with Gasteiger partial charge in [-0.25, -0.2) is 4.39 Å². The van der Waals surface area contributed by atoms with Crippen LogP contribution in [0.3, 0.4) is 0 Å². The van der Waals surface area contributed by atoms with Crippen LogP contribution in [0.2, 0.25) is 0 Å². The van der Waals surface area contributed by atoms with E-state index in [2.05, 4.69) is 50.0 Å². The molecule has 3 N–H and O–H groups in total. The summed E-state index contributed by atoms with van der Waals surface area (Å²) >= 11 is 0. The van der Waals surface area contributed by atoms with Crippen LogP contribution < -0.4 is 5.32 Å². The topological polar surface area (TPSA) is 69.4 Å². The summed E-state index contributed by atoms with van der Waals surface area (Å²) in [5.41, 5.74) is 6.00. The van der Waals surface area contributed by atoms with Crippen molar-refractivity contribution in [2.24, 2.45) is 17.8 Å². The molecule has 2 saturated carbocycles. The third kappa shape index (κ3) is 2.16. The first-order chi connectivity index (χ1) is 14.8. The van der Waals surface area contributed by atoms with Crippen LogP contribution in [0.15, 0.2) is 48.8 Å². The Bertz CT molecular complexity index is 1240. The van der Waals surface area contributed by atoms with Crippen molar-refractivity contribution in [3.05, 3.63) is 65.7 Å². The Balaban J connectivity index is 1.37. The first-order valence-electron chi connectivity index (χ1n) is 10.8. The fourth-order valence-electron chi connectivity index (χ4n) is 6.66. The largest absolute Gasteiger partial charge is 0.375 e. The molecule has 5 atom stereocenters. The number of nitrogens with zero attached hydrogens (tertiary/aromatic N) is 2. The van der Waals surface area contributed by atoms with Gasteiger partial charge in [0.1, 0.15) is 5.82 Å². The molecule has 2 aliphatic carbocycles. The molecule has 30 heavy (non-hydrogen) atoms. The molecule has 5 nitrogen and oxygen atoms in total. The van der Waals surface area contributed by atoms with E-state index in [0.717, 1.165) is 27.7 Å². The van der Waals surface area contributed by atoms with Gasteiger partial charge in [0.15, 0.2) is 0 Å². The third-order valence-corrected chi connectivity index (χ3v) is 7.82. The highest BCUT2D eigenvalue weighted by Crippen LogP contribution is 2.64. The molecular formula is C24H22FN5. The minimum atomic E-state index is -0.179. The summed E-state index contributed by atoms with van der Waals surface area (Å²) < 4.78 is 15.2. The molecule has 0 saturated heterocycles. The average Bonchev–Trinajstić information content (AvgIpc) is 3.58. The van der Waals surface area contributed by atoms with Crippen LogP contribution in [0.25, 0.3) is 22.2 Å². The lowest BCUT2D eigenvalue weighted by atomic mass is 9.67. The average molecular weight is 399 g/mol. The van der Waals surface area contributed by atoms with Crippen LogP contribution in [-0.2, 0) is 0 Å². The fourth-order valence-corrected chi connectivity index (χ4v) is 6.66. The molecule has 0 spiro atoms. The summed E-state index contributed by atoms with van der Waals surface area (Å²) in [6, 6.07) is 12.3. The highest BCUT2D eigenvalue weighted by molar-refractivity contribution is 5.89. The summed E-state index contributed by atoms with van der Waals surface area (Å²) in [7, 11) is 0. The molecular weight excluding hydrogens is 377 g/mol. The van der Waals surface area contributed by atoms with Gasteiger partial charge in [0.25, 0.3) is 0 Å². The Kier molecular flexibility index (Phi) is 3.29. The van der Waals surface area contributed by atoms with Crippen LogP contribution in [0.1, 0.15) is 42.3 Å². The normalized spacial score (nSPS) is 29.0. The lowest BCUT2D eigenvalue weighted by Crippen LogP contribution is -2.36. The lowest BCUT2D eigenvalue weighted by Gasteiger charge is -2.44. The van der Waals surface area contributed by atoms with E-state index in [1.807, 2.05) is 12.3 Å². The van der Waals surface area contributed by atoms with Crippen LogP contribution >= 0.6 is 0 Å². The molecule has 3 aliphatic rings. The number of rotatable bonds is 2. The Labute approximate surface area is 173 Å². The maximum absolute atomic E-state index is 15.2. The van der Waals surface area contributed by atoms with E-state index >= 15 is 4.39 Å². The lowest BCUT2D eigenvalue weighted by molar-refractivity contribution is 0.247. The minimum absolute atomic E-state index is 0.132. The summed E-state index contributed by atoms with van der Waals surface area (Å²) in [4.78, 5) is 0. The number of H-pyrrole nitrogens is 2. The second kappa shape index (κ2) is 5.94. The van der Waals surface area contributed by atoms with Gasteiger partial charge in [0.2, 0.25) is 0 Å². The van der Waals surface area contributed by atoms with Crippen molar-refractivity contribution in [3.63, 3.8) is 0 Å². The standard InChI is InChI=1S/C24H22FN5/c25-17-10-19-16(11-27-30-19)22-20-14-5-6-15(9-14)21(20)23(28-24(17)22)13-3-1-12(2-4-13)18-7-8-26-29-18/h1-4,7-8,10-11,14-15,20-21,23,28H,5-6,9H2,(H,26,29)(H,27,30). The van der Waals surface area contributed by atoms with Crippen molar-refractivity contribution >= 4 is 16.6 Å². The van der Waals surface area contributed by atoms with Gasteiger partial charge < -0.3 is 5.32 Å². The Morgan fingerprint density at radius 3 is 2.67 bits per heavy atom. The molecule has 2 bridgehead atoms. The van der Waals surface area contributed by atoms with E-state index in [9.17, 15) is 0 Å². The van der Waals surface area contributed by atoms with E-state index in [0.29, 0.717) is 29.4 Å². The highest BCUT2D eigenvalue weighted by Gasteiger charge is 2.54. The molecule has 7 rings (SSSR count). The van der Waals surface area contributed by atoms with Gasteiger partial charge in [0.05, 0.1) is 29.1 Å². The number of hydrogen-bond acceptors (Lipinski definition) is 3. The van der Waals surface area contributed by atoms with E-state index in [1.165, 1.54) is 24.8 Å². The first kappa shape index (κ1) is 16.6. The first-order valence-corrected chi connectivity index (χ1v) is 10.8. The molecule has 0 radical (unpaired) electrons. The van der Waals surface area contributed by atoms with Crippen LogP contribution in [-0.4, -0.2) is 20.4 Å². The number of halogens is 1. The van der Waals surface area contributed by atoms with Gasteiger partial charge >= 0.3 is 0 Å². The molecule has 1 aliphatic heterocycles. The Morgan fingerprint density at radius 1 is 0.967 bits per heavy atom. The zero-order valence-electron chi connectivity index (χ0n) is 16.4. The van der Waals surface area contributed by atoms with Gasteiger partial charge in [-0.15, -0.1) is 0 Å². The molecule has 2 aromatic heterocycles. The van der Waals surface area contributed by atoms with Crippen molar-refractivity contribution in [3.8, 4) is 11.3 Å². The number of aromatic amines is 2. The monoisotopic (exact) mass is 399 g/mol. The smallest absolute Gasteiger partial charge is 0.148 e. The Morgan fingerprint density at radius 2 is 1.83 bits per heavy atom. The van der Waals surface area contributed by atoms with Gasteiger partial charge in [-0.1, -0.05) is 24.3 Å². The molecule has 150 valence electrons. The maximum Gasteiger partial charge on any atom is 0.148 e. The SMILES string of the molecule is Fc1cc2[nH]ncc2c2c1NC(c1ccc(-c3ccn[nH]3)cc1)C1C3CCC(C3)C21. The number of nitrogens with one attached hydrogen (secondary N) is 3. The summed E-state index contributed by atoms with van der Waals surface area (Å²) in [6.45, 7) is 0. The Hall–Kier alpha value is -3.15. The number of benzene rings is 2. The van der Waals surface area contributed by atoms with Crippen molar-refractivity contribution in [2.75, 3.05) is 5.32 Å². The predicted octanol–water partition coefficient (Wildman–Crippen LogP) is 5.39.